The molecule has 0 fully saturated rings. The number of hydrogen-bond donors (Lipinski definition) is 3. The minimum atomic E-state index is -3.66. The lowest BCUT2D eigenvalue weighted by Crippen LogP contribution is -2.35. The zero-order chi connectivity index (χ0) is 23.1. The van der Waals surface area contributed by atoms with Crippen molar-refractivity contribution in [1.29, 1.82) is 5.26 Å². The number of sulfonamides is 1. The molecular weight excluding hydrogens is 428 g/mol. The van der Waals surface area contributed by atoms with Crippen LogP contribution in [0, 0.1) is 18.3 Å². The normalized spacial score (nSPS) is 11.9. The van der Waals surface area contributed by atoms with Crippen LogP contribution in [-0.4, -0.2) is 38.1 Å². The first-order valence-corrected chi connectivity index (χ1v) is 11.3. The molecule has 10 heteroatoms. The van der Waals surface area contributed by atoms with Crippen molar-refractivity contribution in [3.8, 4) is 11.8 Å². The lowest BCUT2D eigenvalue weighted by Gasteiger charge is -2.16. The lowest BCUT2D eigenvalue weighted by atomic mass is 10.2. The Morgan fingerprint density at radius 2 is 1.78 bits per heavy atom. The lowest BCUT2D eigenvalue weighted by molar-refractivity contribution is 0.414. The van der Waals surface area contributed by atoms with Gasteiger partial charge in [0.2, 0.25) is 16.0 Å². The largest absolute Gasteiger partial charge is 0.497 e. The van der Waals surface area contributed by atoms with Crippen molar-refractivity contribution in [2.24, 2.45) is 0 Å². The molecule has 0 aliphatic heterocycles. The molecule has 0 aliphatic rings. The van der Waals surface area contributed by atoms with Crippen LogP contribution >= 0.6 is 0 Å². The van der Waals surface area contributed by atoms with Crippen LogP contribution < -0.4 is 20.1 Å². The van der Waals surface area contributed by atoms with Crippen LogP contribution in [0.5, 0.6) is 5.75 Å². The fraction of sp³-hybridized carbons (Fsp3) is 0.227. The minimum absolute atomic E-state index is 0.143. The molecule has 0 saturated carbocycles. The van der Waals surface area contributed by atoms with Crippen LogP contribution in [0.2, 0.25) is 0 Å². The van der Waals surface area contributed by atoms with Crippen molar-refractivity contribution in [2.45, 2.75) is 24.8 Å². The second-order valence-electron chi connectivity index (χ2n) is 7.11. The average molecular weight is 453 g/mol. The number of anilines is 3. The molecule has 3 N–H and O–H groups in total. The Bertz CT molecular complexity index is 1210. The molecule has 3 aromatic rings. The van der Waals surface area contributed by atoms with Crippen molar-refractivity contribution >= 4 is 27.5 Å². The monoisotopic (exact) mass is 452 g/mol. The Morgan fingerprint density at radius 3 is 2.41 bits per heavy atom. The molecule has 166 valence electrons. The molecule has 0 saturated heterocycles. The van der Waals surface area contributed by atoms with Gasteiger partial charge in [-0.05, 0) is 62.4 Å². The number of rotatable bonds is 9. The SMILES string of the molecule is COc1ccc(S(=O)(=O)NCC(C)Nc2nc(C)cc(Nc3ccc(C#N)cc3)n2)cc1. The van der Waals surface area contributed by atoms with E-state index in [0.717, 1.165) is 11.4 Å². The Labute approximate surface area is 187 Å². The van der Waals surface area contributed by atoms with Gasteiger partial charge in [-0.2, -0.15) is 10.2 Å². The number of benzene rings is 2. The van der Waals surface area contributed by atoms with Crippen molar-refractivity contribution in [3.63, 3.8) is 0 Å². The first-order valence-electron chi connectivity index (χ1n) is 9.82. The second kappa shape index (κ2) is 10.1. The van der Waals surface area contributed by atoms with E-state index in [9.17, 15) is 8.42 Å². The maximum Gasteiger partial charge on any atom is 0.240 e. The number of methoxy groups -OCH3 is 1. The Hall–Kier alpha value is -3.68. The van der Waals surface area contributed by atoms with E-state index in [1.165, 1.54) is 19.2 Å². The maximum absolute atomic E-state index is 12.5. The summed E-state index contributed by atoms with van der Waals surface area (Å²) in [4.78, 5) is 8.97. The molecule has 0 bridgehead atoms. The highest BCUT2D eigenvalue weighted by Crippen LogP contribution is 2.18. The third-order valence-electron chi connectivity index (χ3n) is 4.47. The topological polar surface area (TPSA) is 129 Å². The third kappa shape index (κ3) is 6.16. The minimum Gasteiger partial charge on any atom is -0.497 e. The highest BCUT2D eigenvalue weighted by Gasteiger charge is 2.16. The van der Waals surface area contributed by atoms with Crippen molar-refractivity contribution in [2.75, 3.05) is 24.3 Å². The first kappa shape index (κ1) is 23.0. The van der Waals surface area contributed by atoms with E-state index >= 15 is 0 Å². The maximum atomic E-state index is 12.5. The smallest absolute Gasteiger partial charge is 0.240 e. The highest BCUT2D eigenvalue weighted by molar-refractivity contribution is 7.89. The van der Waals surface area contributed by atoms with Gasteiger partial charge < -0.3 is 15.4 Å². The van der Waals surface area contributed by atoms with E-state index < -0.39 is 10.0 Å². The molecule has 0 spiro atoms. The molecule has 1 unspecified atom stereocenters. The Kier molecular flexibility index (Phi) is 7.25. The second-order valence-corrected chi connectivity index (χ2v) is 8.87. The van der Waals surface area contributed by atoms with Gasteiger partial charge in [-0.15, -0.1) is 0 Å². The summed E-state index contributed by atoms with van der Waals surface area (Å²) in [5.41, 5.74) is 2.10. The van der Waals surface area contributed by atoms with Crippen LogP contribution in [0.15, 0.2) is 59.5 Å². The molecular formula is C22H24N6O3S. The molecule has 0 amide bonds. The van der Waals surface area contributed by atoms with Gasteiger partial charge in [-0.25, -0.2) is 18.1 Å². The summed E-state index contributed by atoms with van der Waals surface area (Å²) in [6.45, 7) is 3.81. The van der Waals surface area contributed by atoms with Crippen molar-refractivity contribution < 1.29 is 13.2 Å². The van der Waals surface area contributed by atoms with Crippen molar-refractivity contribution in [3.05, 3.63) is 65.9 Å². The molecule has 1 aromatic heterocycles. The van der Waals surface area contributed by atoms with Gasteiger partial charge in [0.25, 0.3) is 0 Å². The van der Waals surface area contributed by atoms with Gasteiger partial charge in [-0.1, -0.05) is 0 Å². The third-order valence-corrected chi connectivity index (χ3v) is 5.90. The van der Waals surface area contributed by atoms with Gasteiger partial charge in [-0.3, -0.25) is 0 Å². The summed E-state index contributed by atoms with van der Waals surface area (Å²) in [6.07, 6.45) is 0. The molecule has 0 radical (unpaired) electrons. The van der Waals surface area contributed by atoms with Gasteiger partial charge in [0, 0.05) is 30.0 Å². The highest BCUT2D eigenvalue weighted by atomic mass is 32.2. The number of nitriles is 1. The number of aryl methyl sites for hydroxylation is 1. The quantitative estimate of drug-likeness (QED) is 0.451. The Balaban J connectivity index is 1.62. The van der Waals surface area contributed by atoms with Crippen LogP contribution in [0.1, 0.15) is 18.2 Å². The number of hydrogen-bond acceptors (Lipinski definition) is 8. The standard InChI is InChI=1S/C22H24N6O3S/c1-15-12-21(27-18-6-4-17(13-23)5-7-18)28-22(25-15)26-16(2)14-24-32(29,30)20-10-8-19(31-3)9-11-20/h4-12,16,24H,14H2,1-3H3,(H2,25,26,27,28). The summed E-state index contributed by atoms with van der Waals surface area (Å²) in [7, 11) is -2.14. The Morgan fingerprint density at radius 1 is 1.09 bits per heavy atom. The van der Waals surface area contributed by atoms with Gasteiger partial charge in [0.05, 0.1) is 23.6 Å². The summed E-state index contributed by atoms with van der Waals surface area (Å²) >= 11 is 0. The predicted molar refractivity (Wildman–Crippen MR) is 122 cm³/mol. The molecule has 32 heavy (non-hydrogen) atoms. The number of nitrogens with zero attached hydrogens (tertiary/aromatic N) is 3. The average Bonchev–Trinajstić information content (AvgIpc) is 2.78. The summed E-state index contributed by atoms with van der Waals surface area (Å²) < 4.78 is 32.7. The predicted octanol–water partition coefficient (Wildman–Crippen LogP) is 3.19. The van der Waals surface area contributed by atoms with E-state index in [2.05, 4.69) is 31.4 Å². The molecule has 9 nitrogen and oxygen atoms in total. The molecule has 3 rings (SSSR count). The number of ether oxygens (including phenoxy) is 1. The summed E-state index contributed by atoms with van der Waals surface area (Å²) in [6, 6.07) is 16.8. The summed E-state index contributed by atoms with van der Waals surface area (Å²) in [5.74, 6) is 1.54. The molecule has 1 heterocycles. The van der Waals surface area contributed by atoms with E-state index in [-0.39, 0.29) is 17.5 Å². The molecule has 1 atom stereocenters. The summed E-state index contributed by atoms with van der Waals surface area (Å²) in [5, 5.41) is 15.2. The van der Waals surface area contributed by atoms with Gasteiger partial charge in [0.1, 0.15) is 11.6 Å². The van der Waals surface area contributed by atoms with Crippen molar-refractivity contribution in [1.82, 2.24) is 14.7 Å². The van der Waals surface area contributed by atoms with E-state index in [1.807, 2.05) is 13.8 Å². The van der Waals surface area contributed by atoms with Crippen LogP contribution in [-0.2, 0) is 10.0 Å². The van der Waals surface area contributed by atoms with Crippen LogP contribution in [0.3, 0.4) is 0 Å². The van der Waals surface area contributed by atoms with E-state index in [1.54, 1.807) is 42.5 Å². The molecule has 2 aromatic carbocycles. The first-order chi connectivity index (χ1) is 15.3. The zero-order valence-electron chi connectivity index (χ0n) is 18.0. The molecule has 0 aliphatic carbocycles. The van der Waals surface area contributed by atoms with Crippen LogP contribution in [0.25, 0.3) is 0 Å². The van der Waals surface area contributed by atoms with E-state index in [0.29, 0.717) is 23.1 Å². The zero-order valence-corrected chi connectivity index (χ0v) is 18.8. The van der Waals surface area contributed by atoms with Gasteiger partial charge in [0.15, 0.2) is 0 Å². The van der Waals surface area contributed by atoms with Gasteiger partial charge >= 0.3 is 0 Å². The van der Waals surface area contributed by atoms with Crippen LogP contribution in [0.4, 0.5) is 17.5 Å². The van der Waals surface area contributed by atoms with E-state index in [4.69, 9.17) is 10.00 Å². The number of nitrogens with one attached hydrogen (secondary N) is 3. The fourth-order valence-electron chi connectivity index (χ4n) is 2.82. The number of aromatic nitrogens is 2. The fourth-order valence-corrected chi connectivity index (χ4v) is 3.95.